The molecule has 132 valence electrons. The van der Waals surface area contributed by atoms with Crippen molar-refractivity contribution in [3.63, 3.8) is 0 Å². The van der Waals surface area contributed by atoms with Crippen molar-refractivity contribution in [1.82, 2.24) is 14.9 Å². The van der Waals surface area contributed by atoms with Gasteiger partial charge >= 0.3 is 0 Å². The molecule has 1 amide bonds. The molecular weight excluding hydrogens is 340 g/mol. The molecule has 1 fully saturated rings. The summed E-state index contributed by atoms with van der Waals surface area (Å²) in [6.07, 6.45) is 3.28. The molecule has 6 nitrogen and oxygen atoms in total. The second kappa shape index (κ2) is 7.70. The first-order valence-corrected chi connectivity index (χ1v) is 8.70. The van der Waals surface area contributed by atoms with E-state index in [0.717, 1.165) is 18.9 Å². The van der Waals surface area contributed by atoms with Gasteiger partial charge in [-0.15, -0.1) is 0 Å². The van der Waals surface area contributed by atoms with Gasteiger partial charge < -0.3 is 14.5 Å². The Bertz CT molecular complexity index is 731. The maximum Gasteiger partial charge on any atom is 0.255 e. The topological polar surface area (TPSA) is 58.6 Å². The Balaban J connectivity index is 1.64. The van der Waals surface area contributed by atoms with Crippen LogP contribution in [0.15, 0.2) is 36.7 Å². The Hall–Kier alpha value is -2.34. The van der Waals surface area contributed by atoms with Gasteiger partial charge in [0.15, 0.2) is 0 Å². The van der Waals surface area contributed by atoms with Crippen LogP contribution in [0, 0.1) is 0 Å². The SMILES string of the molecule is CC(C)Oc1ncc(C(=O)N2CCN(c3ccccn3)CC2)cc1Cl. The van der Waals surface area contributed by atoms with Crippen molar-refractivity contribution in [3.8, 4) is 5.88 Å². The molecule has 0 aliphatic carbocycles. The number of hydrogen-bond acceptors (Lipinski definition) is 5. The first-order chi connectivity index (χ1) is 12.0. The third-order valence-corrected chi connectivity index (χ3v) is 4.21. The fraction of sp³-hybridized carbons (Fsp3) is 0.389. The van der Waals surface area contributed by atoms with E-state index in [1.54, 1.807) is 12.3 Å². The first-order valence-electron chi connectivity index (χ1n) is 8.32. The molecule has 0 unspecified atom stereocenters. The highest BCUT2D eigenvalue weighted by Crippen LogP contribution is 2.24. The molecule has 1 aliphatic rings. The minimum atomic E-state index is -0.0637. The van der Waals surface area contributed by atoms with Gasteiger partial charge in [0.05, 0.1) is 11.7 Å². The Morgan fingerprint density at radius 2 is 1.96 bits per heavy atom. The van der Waals surface area contributed by atoms with Crippen LogP contribution < -0.4 is 9.64 Å². The van der Waals surface area contributed by atoms with Crippen LogP contribution >= 0.6 is 11.6 Å². The maximum atomic E-state index is 12.7. The molecule has 1 aliphatic heterocycles. The number of halogens is 1. The van der Waals surface area contributed by atoms with Gasteiger partial charge in [0.25, 0.3) is 5.91 Å². The highest BCUT2D eigenvalue weighted by atomic mass is 35.5. The van der Waals surface area contributed by atoms with E-state index in [2.05, 4.69) is 14.9 Å². The van der Waals surface area contributed by atoms with E-state index in [-0.39, 0.29) is 12.0 Å². The number of pyridine rings is 2. The van der Waals surface area contributed by atoms with Crippen LogP contribution in [0.25, 0.3) is 0 Å². The third-order valence-electron chi connectivity index (χ3n) is 3.94. The predicted octanol–water partition coefficient (Wildman–Crippen LogP) is 2.88. The van der Waals surface area contributed by atoms with Crippen LogP contribution in [-0.4, -0.2) is 53.1 Å². The molecule has 2 aromatic heterocycles. The standard InChI is InChI=1S/C18H21ClN4O2/c1-13(2)25-17-15(19)11-14(12-21-17)18(24)23-9-7-22(8-10-23)16-5-3-4-6-20-16/h3-6,11-13H,7-10H2,1-2H3. The zero-order valence-electron chi connectivity index (χ0n) is 14.4. The van der Waals surface area contributed by atoms with E-state index in [0.29, 0.717) is 29.6 Å². The maximum absolute atomic E-state index is 12.7. The summed E-state index contributed by atoms with van der Waals surface area (Å²) >= 11 is 6.18. The number of carbonyl (C=O) groups excluding carboxylic acids is 1. The lowest BCUT2D eigenvalue weighted by Gasteiger charge is -2.35. The number of carbonyl (C=O) groups is 1. The molecule has 1 saturated heterocycles. The lowest BCUT2D eigenvalue weighted by molar-refractivity contribution is 0.0746. The fourth-order valence-electron chi connectivity index (χ4n) is 2.71. The molecule has 25 heavy (non-hydrogen) atoms. The highest BCUT2D eigenvalue weighted by molar-refractivity contribution is 6.32. The van der Waals surface area contributed by atoms with Crippen LogP contribution in [0.2, 0.25) is 5.02 Å². The van der Waals surface area contributed by atoms with Gasteiger partial charge in [0, 0.05) is 38.6 Å². The number of piperazine rings is 1. The summed E-state index contributed by atoms with van der Waals surface area (Å²) in [6.45, 7) is 6.57. The minimum Gasteiger partial charge on any atom is -0.474 e. The largest absolute Gasteiger partial charge is 0.474 e. The predicted molar refractivity (Wildman–Crippen MR) is 97.4 cm³/mol. The van der Waals surface area contributed by atoms with Crippen molar-refractivity contribution < 1.29 is 9.53 Å². The van der Waals surface area contributed by atoms with Crippen LogP contribution in [0.5, 0.6) is 5.88 Å². The molecule has 0 saturated carbocycles. The smallest absolute Gasteiger partial charge is 0.255 e. The van der Waals surface area contributed by atoms with Crippen LogP contribution in [0.4, 0.5) is 5.82 Å². The van der Waals surface area contributed by atoms with Crippen molar-refractivity contribution in [2.45, 2.75) is 20.0 Å². The number of anilines is 1. The summed E-state index contributed by atoms with van der Waals surface area (Å²) in [7, 11) is 0. The number of nitrogens with zero attached hydrogens (tertiary/aromatic N) is 4. The molecule has 2 aromatic rings. The van der Waals surface area contributed by atoms with E-state index in [9.17, 15) is 4.79 Å². The van der Waals surface area contributed by atoms with Gasteiger partial charge in [-0.2, -0.15) is 0 Å². The van der Waals surface area contributed by atoms with Crippen molar-refractivity contribution in [2.24, 2.45) is 0 Å². The molecule has 3 rings (SSSR count). The van der Waals surface area contributed by atoms with Crippen LogP contribution in [0.1, 0.15) is 24.2 Å². The average molecular weight is 361 g/mol. The first kappa shape index (κ1) is 17.5. The number of amides is 1. The summed E-state index contributed by atoms with van der Waals surface area (Å²) in [6, 6.07) is 7.47. The third kappa shape index (κ3) is 4.20. The summed E-state index contributed by atoms with van der Waals surface area (Å²) < 4.78 is 5.51. The van der Waals surface area contributed by atoms with Gasteiger partial charge in [-0.25, -0.2) is 9.97 Å². The van der Waals surface area contributed by atoms with Crippen LogP contribution in [0.3, 0.4) is 0 Å². The quantitative estimate of drug-likeness (QED) is 0.839. The van der Waals surface area contributed by atoms with Crippen molar-refractivity contribution in [3.05, 3.63) is 47.2 Å². The van der Waals surface area contributed by atoms with Crippen molar-refractivity contribution in [2.75, 3.05) is 31.1 Å². The number of aromatic nitrogens is 2. The summed E-state index contributed by atoms with van der Waals surface area (Å²) in [5, 5.41) is 0.353. The number of hydrogen-bond donors (Lipinski definition) is 0. The molecular formula is C18H21ClN4O2. The molecule has 7 heteroatoms. The Morgan fingerprint density at radius 1 is 1.20 bits per heavy atom. The summed E-state index contributed by atoms with van der Waals surface area (Å²) in [4.78, 5) is 25.2. The molecule has 0 aromatic carbocycles. The number of rotatable bonds is 4. The zero-order valence-corrected chi connectivity index (χ0v) is 15.1. The molecule has 0 atom stereocenters. The summed E-state index contributed by atoms with van der Waals surface area (Å²) in [5.74, 6) is 1.23. The van der Waals surface area contributed by atoms with E-state index in [1.165, 1.54) is 6.20 Å². The Labute approximate surface area is 152 Å². The number of ether oxygens (including phenoxy) is 1. The second-order valence-corrected chi connectivity index (χ2v) is 6.55. The monoisotopic (exact) mass is 360 g/mol. The molecule has 0 radical (unpaired) electrons. The molecule has 3 heterocycles. The van der Waals surface area contributed by atoms with Crippen molar-refractivity contribution in [1.29, 1.82) is 0 Å². The Morgan fingerprint density at radius 3 is 2.56 bits per heavy atom. The van der Waals surface area contributed by atoms with Gasteiger partial charge in [-0.3, -0.25) is 4.79 Å². The zero-order chi connectivity index (χ0) is 17.8. The average Bonchev–Trinajstić information content (AvgIpc) is 2.63. The molecule has 0 spiro atoms. The Kier molecular flexibility index (Phi) is 5.38. The summed E-state index contributed by atoms with van der Waals surface area (Å²) in [5.41, 5.74) is 0.479. The van der Waals surface area contributed by atoms with Gasteiger partial charge in [-0.05, 0) is 32.0 Å². The van der Waals surface area contributed by atoms with Crippen LogP contribution in [-0.2, 0) is 0 Å². The van der Waals surface area contributed by atoms with Gasteiger partial charge in [-0.1, -0.05) is 17.7 Å². The van der Waals surface area contributed by atoms with Gasteiger partial charge in [0.2, 0.25) is 5.88 Å². The second-order valence-electron chi connectivity index (χ2n) is 6.14. The van der Waals surface area contributed by atoms with E-state index >= 15 is 0 Å². The van der Waals surface area contributed by atoms with E-state index in [4.69, 9.17) is 16.3 Å². The highest BCUT2D eigenvalue weighted by Gasteiger charge is 2.23. The van der Waals surface area contributed by atoms with Crippen molar-refractivity contribution >= 4 is 23.3 Å². The van der Waals surface area contributed by atoms with Gasteiger partial charge in [0.1, 0.15) is 10.8 Å². The lowest BCUT2D eigenvalue weighted by atomic mass is 10.2. The van der Waals surface area contributed by atoms with E-state index < -0.39 is 0 Å². The molecule has 0 N–H and O–H groups in total. The lowest BCUT2D eigenvalue weighted by Crippen LogP contribution is -2.49. The molecule has 0 bridgehead atoms. The fourth-order valence-corrected chi connectivity index (χ4v) is 2.93. The van der Waals surface area contributed by atoms with E-state index in [1.807, 2.05) is 36.9 Å². The normalized spacial score (nSPS) is 14.7. The minimum absolute atomic E-state index is 0.0220.